The molecule has 0 unspecified atom stereocenters. The van der Waals surface area contributed by atoms with Crippen LogP contribution in [-0.4, -0.2) is 38.2 Å². The van der Waals surface area contributed by atoms with Gasteiger partial charge in [0, 0.05) is 6.54 Å². The van der Waals surface area contributed by atoms with Crippen molar-refractivity contribution < 1.29 is 4.74 Å². The number of rotatable bonds is 13. The van der Waals surface area contributed by atoms with Gasteiger partial charge in [-0.05, 0) is 63.1 Å². The molecule has 0 heterocycles. The highest BCUT2D eigenvalue weighted by atomic mass is 35.5. The third kappa shape index (κ3) is 8.59. The van der Waals surface area contributed by atoms with Crippen molar-refractivity contribution in [2.75, 3.05) is 33.3 Å². The Balaban J connectivity index is 2.23. The Morgan fingerprint density at radius 1 is 1.04 bits per heavy atom. The molecule has 0 aliphatic rings. The average Bonchev–Trinajstić information content (AvgIpc) is 2.56. The van der Waals surface area contributed by atoms with Gasteiger partial charge < -0.3 is 15.0 Å². The van der Waals surface area contributed by atoms with Gasteiger partial charge in [0.2, 0.25) is 0 Å². The monoisotopic (exact) mass is 340 g/mol. The minimum absolute atomic E-state index is 0.678. The van der Waals surface area contributed by atoms with Crippen LogP contribution in [0.3, 0.4) is 0 Å². The highest BCUT2D eigenvalue weighted by molar-refractivity contribution is 6.32. The first-order chi connectivity index (χ1) is 11.2. The number of nitrogens with one attached hydrogen (secondary N) is 1. The zero-order valence-electron chi connectivity index (χ0n) is 15.0. The molecule has 0 amide bonds. The van der Waals surface area contributed by atoms with Gasteiger partial charge in [-0.1, -0.05) is 44.4 Å². The summed E-state index contributed by atoms with van der Waals surface area (Å²) >= 11 is 6.15. The second-order valence-corrected chi connectivity index (χ2v) is 6.46. The van der Waals surface area contributed by atoms with Crippen LogP contribution in [0, 0.1) is 0 Å². The first kappa shape index (κ1) is 20.3. The molecule has 1 rings (SSSR count). The molecule has 0 atom stereocenters. The molecule has 3 nitrogen and oxygen atoms in total. The van der Waals surface area contributed by atoms with Crippen LogP contribution < -0.4 is 10.1 Å². The van der Waals surface area contributed by atoms with Crippen LogP contribution in [0.15, 0.2) is 18.2 Å². The summed E-state index contributed by atoms with van der Waals surface area (Å²) in [5.41, 5.74) is 1.20. The Morgan fingerprint density at radius 2 is 1.70 bits per heavy atom. The molecule has 0 saturated carbocycles. The standard InChI is InChI=1S/C19H33ClN2O/c1-4-6-12-22(13-7-5-2)14-8-11-21-16-17-9-10-19(23-3)18(20)15-17/h9-10,15,21H,4-8,11-14,16H2,1-3H3. The molecule has 1 aromatic carbocycles. The van der Waals surface area contributed by atoms with Gasteiger partial charge in [-0.25, -0.2) is 0 Å². The molecule has 23 heavy (non-hydrogen) atoms. The lowest BCUT2D eigenvalue weighted by Gasteiger charge is -2.22. The zero-order valence-corrected chi connectivity index (χ0v) is 15.8. The lowest BCUT2D eigenvalue weighted by molar-refractivity contribution is 0.261. The second-order valence-electron chi connectivity index (χ2n) is 6.05. The molecule has 132 valence electrons. The second kappa shape index (κ2) is 12.6. The first-order valence-electron chi connectivity index (χ1n) is 8.96. The van der Waals surface area contributed by atoms with Gasteiger partial charge in [0.25, 0.3) is 0 Å². The van der Waals surface area contributed by atoms with E-state index in [0.29, 0.717) is 5.02 Å². The minimum Gasteiger partial charge on any atom is -0.495 e. The Kier molecular flexibility index (Phi) is 11.1. The van der Waals surface area contributed by atoms with E-state index < -0.39 is 0 Å². The Bertz CT molecular complexity index is 418. The quantitative estimate of drug-likeness (QED) is 0.525. The van der Waals surface area contributed by atoms with Gasteiger partial charge in [0.1, 0.15) is 5.75 Å². The van der Waals surface area contributed by atoms with Gasteiger partial charge >= 0.3 is 0 Å². The zero-order chi connectivity index (χ0) is 16.9. The van der Waals surface area contributed by atoms with Gasteiger partial charge in [-0.2, -0.15) is 0 Å². The summed E-state index contributed by atoms with van der Waals surface area (Å²) in [6.45, 7) is 10.1. The van der Waals surface area contributed by atoms with Gasteiger partial charge in [-0.15, -0.1) is 0 Å². The largest absolute Gasteiger partial charge is 0.495 e. The molecule has 0 radical (unpaired) electrons. The van der Waals surface area contributed by atoms with Crippen LogP contribution in [-0.2, 0) is 6.54 Å². The summed E-state index contributed by atoms with van der Waals surface area (Å²) in [4.78, 5) is 2.61. The summed E-state index contributed by atoms with van der Waals surface area (Å²) in [5, 5.41) is 4.19. The van der Waals surface area contributed by atoms with E-state index in [1.807, 2.05) is 12.1 Å². The van der Waals surface area contributed by atoms with Crippen LogP contribution in [0.5, 0.6) is 5.75 Å². The van der Waals surface area contributed by atoms with Gasteiger partial charge in [-0.3, -0.25) is 0 Å². The van der Waals surface area contributed by atoms with Crippen LogP contribution in [0.25, 0.3) is 0 Å². The Hall–Kier alpha value is -0.770. The molecule has 0 bridgehead atoms. The summed E-state index contributed by atoms with van der Waals surface area (Å²) in [7, 11) is 1.64. The van der Waals surface area contributed by atoms with Crippen molar-refractivity contribution in [3.05, 3.63) is 28.8 Å². The van der Waals surface area contributed by atoms with Gasteiger partial charge in [0.15, 0.2) is 0 Å². The number of hydrogen-bond donors (Lipinski definition) is 1. The number of halogens is 1. The van der Waals surface area contributed by atoms with E-state index >= 15 is 0 Å². The molecule has 0 aliphatic heterocycles. The number of benzene rings is 1. The highest BCUT2D eigenvalue weighted by Gasteiger charge is 2.04. The van der Waals surface area contributed by atoms with Crippen molar-refractivity contribution in [2.24, 2.45) is 0 Å². The fraction of sp³-hybridized carbons (Fsp3) is 0.684. The van der Waals surface area contributed by atoms with E-state index in [-0.39, 0.29) is 0 Å². The summed E-state index contributed by atoms with van der Waals surface area (Å²) < 4.78 is 5.18. The lowest BCUT2D eigenvalue weighted by atomic mass is 10.2. The fourth-order valence-electron chi connectivity index (χ4n) is 2.58. The minimum atomic E-state index is 0.678. The molecule has 0 aromatic heterocycles. The van der Waals surface area contributed by atoms with Crippen molar-refractivity contribution in [1.29, 1.82) is 0 Å². The maximum atomic E-state index is 6.15. The fourth-order valence-corrected chi connectivity index (χ4v) is 2.86. The third-order valence-electron chi connectivity index (χ3n) is 4.03. The van der Waals surface area contributed by atoms with E-state index in [0.717, 1.165) is 18.8 Å². The number of nitrogens with zero attached hydrogens (tertiary/aromatic N) is 1. The molecule has 4 heteroatoms. The maximum absolute atomic E-state index is 6.15. The van der Waals surface area contributed by atoms with Crippen molar-refractivity contribution in [3.8, 4) is 5.75 Å². The predicted octanol–water partition coefficient (Wildman–Crippen LogP) is 4.73. The number of unbranched alkanes of at least 4 members (excludes halogenated alkanes) is 2. The van der Waals surface area contributed by atoms with E-state index in [4.69, 9.17) is 16.3 Å². The lowest BCUT2D eigenvalue weighted by Crippen LogP contribution is -2.29. The van der Waals surface area contributed by atoms with Crippen LogP contribution in [0.1, 0.15) is 51.5 Å². The molecule has 0 fully saturated rings. The summed E-state index contributed by atoms with van der Waals surface area (Å²) in [6.07, 6.45) is 6.36. The molecule has 0 aliphatic carbocycles. The number of ether oxygens (including phenoxy) is 1. The summed E-state index contributed by atoms with van der Waals surface area (Å²) in [6, 6.07) is 5.96. The van der Waals surface area contributed by atoms with E-state index in [1.54, 1.807) is 7.11 Å². The first-order valence-corrected chi connectivity index (χ1v) is 9.34. The van der Waals surface area contributed by atoms with Crippen molar-refractivity contribution in [3.63, 3.8) is 0 Å². The topological polar surface area (TPSA) is 24.5 Å². The predicted molar refractivity (Wildman–Crippen MR) is 101 cm³/mol. The molecule has 0 spiro atoms. The van der Waals surface area contributed by atoms with Crippen molar-refractivity contribution >= 4 is 11.6 Å². The van der Waals surface area contributed by atoms with Crippen molar-refractivity contribution in [1.82, 2.24) is 10.2 Å². The molecule has 0 saturated heterocycles. The number of methoxy groups -OCH3 is 1. The van der Waals surface area contributed by atoms with E-state index in [9.17, 15) is 0 Å². The molecule has 1 N–H and O–H groups in total. The number of hydrogen-bond acceptors (Lipinski definition) is 3. The SMILES string of the molecule is CCCCN(CCCC)CCCNCc1ccc(OC)c(Cl)c1. The molecule has 1 aromatic rings. The Morgan fingerprint density at radius 3 is 2.26 bits per heavy atom. The average molecular weight is 341 g/mol. The maximum Gasteiger partial charge on any atom is 0.137 e. The van der Waals surface area contributed by atoms with Gasteiger partial charge in [0.05, 0.1) is 12.1 Å². The van der Waals surface area contributed by atoms with E-state index in [2.05, 4.69) is 30.1 Å². The molecular formula is C19H33ClN2O. The highest BCUT2D eigenvalue weighted by Crippen LogP contribution is 2.24. The van der Waals surface area contributed by atoms with Crippen LogP contribution in [0.2, 0.25) is 5.02 Å². The normalized spacial score (nSPS) is 11.2. The summed E-state index contributed by atoms with van der Waals surface area (Å²) in [5.74, 6) is 0.734. The van der Waals surface area contributed by atoms with Crippen LogP contribution in [0.4, 0.5) is 0 Å². The van der Waals surface area contributed by atoms with Crippen LogP contribution >= 0.6 is 11.6 Å². The smallest absolute Gasteiger partial charge is 0.137 e. The third-order valence-corrected chi connectivity index (χ3v) is 4.32. The van der Waals surface area contributed by atoms with E-state index in [1.165, 1.54) is 57.3 Å². The molecular weight excluding hydrogens is 308 g/mol. The van der Waals surface area contributed by atoms with Crippen molar-refractivity contribution in [2.45, 2.75) is 52.5 Å². The Labute approximate surface area is 147 Å².